The fraction of sp³-hybridized carbons (Fsp3) is 0.636. The molecule has 0 aliphatic rings. The number of halogens is 1. The maximum Gasteiger partial charge on any atom is 0.283 e. The molecule has 0 bridgehead atoms. The molecule has 1 unspecified atom stereocenters. The molecule has 18 heavy (non-hydrogen) atoms. The summed E-state index contributed by atoms with van der Waals surface area (Å²) in [5.74, 6) is 0. The Labute approximate surface area is 115 Å². The van der Waals surface area contributed by atoms with E-state index in [9.17, 15) is 4.79 Å². The normalized spacial score (nSPS) is 12.4. The Balaban J connectivity index is 2.90. The summed E-state index contributed by atoms with van der Waals surface area (Å²) < 4.78 is 6.76. The van der Waals surface area contributed by atoms with Gasteiger partial charge in [-0.3, -0.25) is 4.79 Å². The van der Waals surface area contributed by atoms with E-state index in [0.717, 1.165) is 6.42 Å². The van der Waals surface area contributed by atoms with Crippen LogP contribution in [-0.4, -0.2) is 36.1 Å². The lowest BCUT2D eigenvalue weighted by molar-refractivity contribution is 0.181. The highest BCUT2D eigenvalue weighted by Gasteiger charge is 2.11. The Morgan fingerprint density at radius 2 is 2.39 bits per heavy atom. The predicted octanol–water partition coefficient (Wildman–Crippen LogP) is 0.801. The minimum Gasteiger partial charge on any atom is -0.383 e. The van der Waals surface area contributed by atoms with Crippen LogP contribution in [0, 0.1) is 0 Å². The van der Waals surface area contributed by atoms with Crippen LogP contribution < -0.4 is 16.6 Å². The Morgan fingerprint density at radius 3 is 2.94 bits per heavy atom. The molecule has 6 nitrogen and oxygen atoms in total. The largest absolute Gasteiger partial charge is 0.383 e. The van der Waals surface area contributed by atoms with Crippen LogP contribution in [0.3, 0.4) is 0 Å². The molecule has 102 valence electrons. The zero-order valence-electron chi connectivity index (χ0n) is 10.6. The number of methoxy groups -OCH3 is 1. The molecule has 1 heterocycles. The number of aromatic nitrogens is 2. The lowest BCUT2D eigenvalue weighted by atomic mass is 10.2. The van der Waals surface area contributed by atoms with Crippen LogP contribution in [0.15, 0.2) is 15.5 Å². The first-order valence-electron chi connectivity index (χ1n) is 5.85. The van der Waals surface area contributed by atoms with E-state index in [1.54, 1.807) is 13.3 Å². The van der Waals surface area contributed by atoms with Crippen molar-refractivity contribution < 1.29 is 4.74 Å². The van der Waals surface area contributed by atoms with Gasteiger partial charge in [0.2, 0.25) is 0 Å². The molecule has 3 N–H and O–H groups in total. The summed E-state index contributed by atoms with van der Waals surface area (Å²) in [5, 5.41) is 7.28. The van der Waals surface area contributed by atoms with E-state index >= 15 is 0 Å². The second-order valence-electron chi connectivity index (χ2n) is 3.88. The molecule has 1 aromatic rings. The second kappa shape index (κ2) is 7.50. The molecular weight excluding hydrogens is 300 g/mol. The van der Waals surface area contributed by atoms with Crippen LogP contribution in [-0.2, 0) is 11.3 Å². The summed E-state index contributed by atoms with van der Waals surface area (Å²) in [6, 6.07) is 0.136. The third kappa shape index (κ3) is 3.79. The van der Waals surface area contributed by atoms with Crippen molar-refractivity contribution in [2.45, 2.75) is 25.9 Å². The van der Waals surface area contributed by atoms with Crippen molar-refractivity contribution in [3.05, 3.63) is 21.0 Å². The standard InChI is InChI=1S/C11H19BrN4O2/c1-3-8(6-13)15-9-7-14-16(4-5-18-2)11(17)10(9)12/h7-8,15H,3-6,13H2,1-2H3. The van der Waals surface area contributed by atoms with Crippen LogP contribution in [0.1, 0.15) is 13.3 Å². The smallest absolute Gasteiger partial charge is 0.283 e. The van der Waals surface area contributed by atoms with Crippen LogP contribution in [0.25, 0.3) is 0 Å². The van der Waals surface area contributed by atoms with Gasteiger partial charge >= 0.3 is 0 Å². The first-order chi connectivity index (χ1) is 8.63. The first-order valence-corrected chi connectivity index (χ1v) is 6.64. The number of hydrogen-bond donors (Lipinski definition) is 2. The van der Waals surface area contributed by atoms with Crippen molar-refractivity contribution in [3.63, 3.8) is 0 Å². The van der Waals surface area contributed by atoms with Gasteiger partial charge in [-0.05, 0) is 22.4 Å². The number of nitrogens with one attached hydrogen (secondary N) is 1. The van der Waals surface area contributed by atoms with Gasteiger partial charge in [-0.25, -0.2) is 4.68 Å². The molecule has 1 aromatic heterocycles. The highest BCUT2D eigenvalue weighted by molar-refractivity contribution is 9.10. The summed E-state index contributed by atoms with van der Waals surface area (Å²) in [7, 11) is 1.59. The van der Waals surface area contributed by atoms with Crippen molar-refractivity contribution >= 4 is 21.6 Å². The minimum absolute atomic E-state index is 0.136. The average Bonchev–Trinajstić information content (AvgIpc) is 2.39. The van der Waals surface area contributed by atoms with Gasteiger partial charge in [0.25, 0.3) is 5.56 Å². The van der Waals surface area contributed by atoms with Crippen LogP contribution in [0.2, 0.25) is 0 Å². The third-order valence-electron chi connectivity index (χ3n) is 2.63. The lowest BCUT2D eigenvalue weighted by Gasteiger charge is -2.17. The summed E-state index contributed by atoms with van der Waals surface area (Å²) in [6.45, 7) is 3.43. The minimum atomic E-state index is -0.177. The number of rotatable bonds is 7. The highest BCUT2D eigenvalue weighted by atomic mass is 79.9. The van der Waals surface area contributed by atoms with Crippen LogP contribution in [0.4, 0.5) is 5.69 Å². The first kappa shape index (κ1) is 15.1. The van der Waals surface area contributed by atoms with E-state index < -0.39 is 0 Å². The van der Waals surface area contributed by atoms with Crippen molar-refractivity contribution in [1.29, 1.82) is 0 Å². The van der Waals surface area contributed by atoms with Gasteiger partial charge in [-0.2, -0.15) is 5.10 Å². The summed E-state index contributed by atoms with van der Waals surface area (Å²) in [4.78, 5) is 12.0. The molecule has 0 radical (unpaired) electrons. The van der Waals surface area contributed by atoms with Gasteiger partial charge in [-0.1, -0.05) is 6.92 Å². The topological polar surface area (TPSA) is 82.2 Å². The van der Waals surface area contributed by atoms with Crippen molar-refractivity contribution in [2.24, 2.45) is 5.73 Å². The van der Waals surface area contributed by atoms with Crippen molar-refractivity contribution in [1.82, 2.24) is 9.78 Å². The molecule has 0 saturated heterocycles. The van der Waals surface area contributed by atoms with Crippen molar-refractivity contribution in [2.75, 3.05) is 25.6 Å². The van der Waals surface area contributed by atoms with E-state index in [2.05, 4.69) is 26.3 Å². The number of nitrogens with two attached hydrogens (primary N) is 1. The maximum absolute atomic E-state index is 12.0. The van der Waals surface area contributed by atoms with E-state index in [-0.39, 0.29) is 11.6 Å². The van der Waals surface area contributed by atoms with E-state index in [4.69, 9.17) is 10.5 Å². The fourth-order valence-corrected chi connectivity index (χ4v) is 1.87. The number of anilines is 1. The molecule has 0 spiro atoms. The van der Waals surface area contributed by atoms with Gasteiger partial charge in [0.15, 0.2) is 0 Å². The van der Waals surface area contributed by atoms with Gasteiger partial charge < -0.3 is 15.8 Å². The molecule has 0 amide bonds. The molecular formula is C11H19BrN4O2. The van der Waals surface area contributed by atoms with Crippen molar-refractivity contribution in [3.8, 4) is 0 Å². The lowest BCUT2D eigenvalue weighted by Crippen LogP contribution is -2.31. The highest BCUT2D eigenvalue weighted by Crippen LogP contribution is 2.17. The van der Waals surface area contributed by atoms with Gasteiger partial charge in [0, 0.05) is 19.7 Å². The molecule has 7 heteroatoms. The van der Waals surface area contributed by atoms with Gasteiger partial charge in [0.1, 0.15) is 4.47 Å². The van der Waals surface area contributed by atoms with E-state index in [1.807, 2.05) is 6.92 Å². The van der Waals surface area contributed by atoms with E-state index in [0.29, 0.717) is 29.9 Å². The SMILES string of the molecule is CCC(CN)Nc1cnn(CCOC)c(=O)c1Br. The van der Waals surface area contributed by atoms with Crippen LogP contribution in [0.5, 0.6) is 0 Å². The molecule has 0 aliphatic heterocycles. The van der Waals surface area contributed by atoms with Gasteiger partial charge in [0.05, 0.1) is 25.0 Å². The zero-order valence-corrected chi connectivity index (χ0v) is 12.2. The number of nitrogens with zero attached hydrogens (tertiary/aromatic N) is 2. The predicted molar refractivity (Wildman–Crippen MR) is 74.8 cm³/mol. The Hall–Kier alpha value is -0.920. The average molecular weight is 319 g/mol. The molecule has 0 aromatic carbocycles. The third-order valence-corrected chi connectivity index (χ3v) is 3.40. The number of hydrogen-bond acceptors (Lipinski definition) is 5. The summed E-state index contributed by atoms with van der Waals surface area (Å²) in [5.41, 5.74) is 6.11. The molecule has 0 aliphatic carbocycles. The Bertz CT molecular complexity index is 432. The molecule has 0 saturated carbocycles. The van der Waals surface area contributed by atoms with Gasteiger partial charge in [-0.15, -0.1) is 0 Å². The second-order valence-corrected chi connectivity index (χ2v) is 4.67. The quantitative estimate of drug-likeness (QED) is 0.777. The Kier molecular flexibility index (Phi) is 6.31. The Morgan fingerprint density at radius 1 is 1.67 bits per heavy atom. The summed E-state index contributed by atoms with van der Waals surface area (Å²) in [6.07, 6.45) is 2.51. The maximum atomic E-state index is 12.0. The molecule has 1 atom stereocenters. The number of ether oxygens (including phenoxy) is 1. The summed E-state index contributed by atoms with van der Waals surface area (Å²) >= 11 is 3.29. The molecule has 1 rings (SSSR count). The molecule has 0 fully saturated rings. The van der Waals surface area contributed by atoms with Crippen LogP contribution >= 0.6 is 15.9 Å². The monoisotopic (exact) mass is 318 g/mol. The fourth-order valence-electron chi connectivity index (χ4n) is 1.45. The van der Waals surface area contributed by atoms with E-state index in [1.165, 1.54) is 4.68 Å². The zero-order chi connectivity index (χ0) is 13.5.